The van der Waals surface area contributed by atoms with E-state index in [-0.39, 0.29) is 22.8 Å². The first kappa shape index (κ1) is 15.4. The van der Waals surface area contributed by atoms with Crippen molar-refractivity contribution < 1.29 is 19.1 Å². The summed E-state index contributed by atoms with van der Waals surface area (Å²) in [6.45, 7) is 0. The third-order valence-corrected chi connectivity index (χ3v) is 3.32. The molecule has 6 nitrogen and oxygen atoms in total. The molecule has 0 spiro atoms. The fraction of sp³-hybridized carbons (Fsp3) is 0. The molecular weight excluding hydrogens is 313 g/mol. The topological polar surface area (TPSA) is 84.2 Å². The summed E-state index contributed by atoms with van der Waals surface area (Å²) in [7, 11) is 0. The van der Waals surface area contributed by atoms with Crippen LogP contribution in [-0.4, -0.2) is 26.8 Å². The van der Waals surface area contributed by atoms with Crippen molar-refractivity contribution in [3.05, 3.63) is 77.9 Å². The van der Waals surface area contributed by atoms with Crippen LogP contribution in [0.25, 0.3) is 5.69 Å². The molecule has 0 bridgehead atoms. The van der Waals surface area contributed by atoms with E-state index in [1.54, 1.807) is 18.3 Å². The summed E-state index contributed by atoms with van der Waals surface area (Å²) < 4.78 is 14.4. The van der Waals surface area contributed by atoms with E-state index < -0.39 is 11.9 Å². The maximum atomic E-state index is 12.9. The van der Waals surface area contributed by atoms with Crippen molar-refractivity contribution in [3.8, 4) is 5.69 Å². The van der Waals surface area contributed by atoms with Gasteiger partial charge < -0.3 is 10.4 Å². The fourth-order valence-electron chi connectivity index (χ4n) is 2.15. The molecule has 1 heterocycles. The molecule has 0 saturated heterocycles. The minimum Gasteiger partial charge on any atom is -0.478 e. The number of nitrogens with one attached hydrogen (secondary N) is 1. The molecule has 3 rings (SSSR count). The van der Waals surface area contributed by atoms with Gasteiger partial charge in [-0.1, -0.05) is 12.1 Å². The first-order chi connectivity index (χ1) is 11.5. The molecule has 3 aromatic rings. The molecule has 2 aromatic carbocycles. The Bertz CT molecular complexity index is 903. The molecule has 1 aromatic heterocycles. The molecule has 2 N–H and O–H groups in total. The summed E-state index contributed by atoms with van der Waals surface area (Å²) in [6.07, 6.45) is 1.56. The van der Waals surface area contributed by atoms with Gasteiger partial charge in [-0.25, -0.2) is 13.9 Å². The number of carboxylic acid groups (broad SMARTS) is 1. The highest BCUT2D eigenvalue weighted by Gasteiger charge is 2.15. The average Bonchev–Trinajstić information content (AvgIpc) is 3.06. The Balaban J connectivity index is 1.82. The van der Waals surface area contributed by atoms with Crippen LogP contribution in [0.15, 0.2) is 60.8 Å². The molecule has 24 heavy (non-hydrogen) atoms. The second-order valence-corrected chi connectivity index (χ2v) is 4.93. The highest BCUT2D eigenvalue weighted by molar-refractivity contribution is 6.06. The molecule has 0 fully saturated rings. The number of amides is 1. The van der Waals surface area contributed by atoms with Gasteiger partial charge in [0.15, 0.2) is 5.69 Å². The number of halogens is 1. The fourth-order valence-corrected chi connectivity index (χ4v) is 2.15. The molecule has 0 radical (unpaired) electrons. The van der Waals surface area contributed by atoms with Crippen molar-refractivity contribution in [2.45, 2.75) is 0 Å². The van der Waals surface area contributed by atoms with Crippen LogP contribution >= 0.6 is 0 Å². The number of benzene rings is 2. The lowest BCUT2D eigenvalue weighted by Gasteiger charge is -2.06. The van der Waals surface area contributed by atoms with Crippen molar-refractivity contribution in [1.29, 1.82) is 0 Å². The zero-order chi connectivity index (χ0) is 17.1. The Morgan fingerprint density at radius 2 is 1.75 bits per heavy atom. The van der Waals surface area contributed by atoms with Crippen LogP contribution in [0.2, 0.25) is 0 Å². The SMILES string of the molecule is O=C(Nc1ccccc1C(=O)O)c1ccn(-c2ccc(F)cc2)n1. The lowest BCUT2D eigenvalue weighted by atomic mass is 10.2. The number of carbonyl (C=O) groups excluding carboxylic acids is 1. The van der Waals surface area contributed by atoms with Crippen LogP contribution in [0.3, 0.4) is 0 Å². The van der Waals surface area contributed by atoms with Crippen LogP contribution in [0.5, 0.6) is 0 Å². The highest BCUT2D eigenvalue weighted by atomic mass is 19.1. The smallest absolute Gasteiger partial charge is 0.337 e. The van der Waals surface area contributed by atoms with Crippen LogP contribution in [0.4, 0.5) is 10.1 Å². The largest absolute Gasteiger partial charge is 0.478 e. The summed E-state index contributed by atoms with van der Waals surface area (Å²) >= 11 is 0. The van der Waals surface area contributed by atoms with E-state index in [1.807, 2.05) is 0 Å². The van der Waals surface area contributed by atoms with E-state index in [9.17, 15) is 14.0 Å². The number of para-hydroxylation sites is 1. The monoisotopic (exact) mass is 325 g/mol. The van der Waals surface area contributed by atoms with Gasteiger partial charge in [0.1, 0.15) is 5.82 Å². The number of anilines is 1. The van der Waals surface area contributed by atoms with Crippen molar-refractivity contribution in [2.24, 2.45) is 0 Å². The minimum atomic E-state index is -1.14. The van der Waals surface area contributed by atoms with Gasteiger partial charge in [-0.15, -0.1) is 0 Å². The Labute approximate surface area is 136 Å². The van der Waals surface area contributed by atoms with E-state index in [4.69, 9.17) is 5.11 Å². The number of aromatic nitrogens is 2. The molecule has 1 amide bonds. The van der Waals surface area contributed by atoms with Gasteiger partial charge in [0, 0.05) is 6.20 Å². The van der Waals surface area contributed by atoms with Gasteiger partial charge in [0.25, 0.3) is 5.91 Å². The molecule has 120 valence electrons. The van der Waals surface area contributed by atoms with Gasteiger partial charge in [-0.3, -0.25) is 4.79 Å². The van der Waals surface area contributed by atoms with Crippen LogP contribution in [0.1, 0.15) is 20.8 Å². The molecule has 0 atom stereocenters. The number of carboxylic acids is 1. The Kier molecular flexibility index (Phi) is 4.07. The summed E-state index contributed by atoms with van der Waals surface area (Å²) in [5.41, 5.74) is 0.885. The van der Waals surface area contributed by atoms with Gasteiger partial charge in [0.2, 0.25) is 0 Å². The van der Waals surface area contributed by atoms with Gasteiger partial charge >= 0.3 is 5.97 Å². The maximum absolute atomic E-state index is 12.9. The van der Waals surface area contributed by atoms with Gasteiger partial charge in [0.05, 0.1) is 16.9 Å². The quantitative estimate of drug-likeness (QED) is 0.772. The van der Waals surface area contributed by atoms with Crippen molar-refractivity contribution in [3.63, 3.8) is 0 Å². The number of hydrogen-bond donors (Lipinski definition) is 2. The summed E-state index contributed by atoms with van der Waals surface area (Å²) in [5.74, 6) is -2.04. The van der Waals surface area contributed by atoms with E-state index in [0.29, 0.717) is 5.69 Å². The second-order valence-electron chi connectivity index (χ2n) is 4.93. The Morgan fingerprint density at radius 1 is 1.04 bits per heavy atom. The van der Waals surface area contributed by atoms with E-state index >= 15 is 0 Å². The first-order valence-corrected chi connectivity index (χ1v) is 7.00. The molecule has 7 heteroatoms. The van der Waals surface area contributed by atoms with E-state index in [1.165, 1.54) is 47.1 Å². The molecule has 0 aliphatic rings. The number of carbonyl (C=O) groups is 2. The van der Waals surface area contributed by atoms with Gasteiger partial charge in [-0.05, 0) is 42.5 Å². The Morgan fingerprint density at radius 3 is 2.46 bits per heavy atom. The van der Waals surface area contributed by atoms with E-state index in [2.05, 4.69) is 10.4 Å². The standard InChI is InChI=1S/C17H12FN3O3/c18-11-5-7-12(8-6-11)21-10-9-15(20-21)16(22)19-14-4-2-1-3-13(14)17(23)24/h1-10H,(H,19,22)(H,23,24). The van der Waals surface area contributed by atoms with Gasteiger partial charge in [-0.2, -0.15) is 5.10 Å². The predicted molar refractivity (Wildman–Crippen MR) is 84.9 cm³/mol. The number of hydrogen-bond acceptors (Lipinski definition) is 3. The predicted octanol–water partition coefficient (Wildman–Crippen LogP) is 2.96. The molecule has 0 saturated carbocycles. The molecule has 0 unspecified atom stereocenters. The van der Waals surface area contributed by atoms with Crippen LogP contribution in [0, 0.1) is 5.82 Å². The first-order valence-electron chi connectivity index (χ1n) is 7.00. The van der Waals surface area contributed by atoms with Crippen molar-refractivity contribution >= 4 is 17.6 Å². The molecule has 0 aliphatic heterocycles. The Hall–Kier alpha value is -3.48. The minimum absolute atomic E-state index is 0.0104. The van der Waals surface area contributed by atoms with Crippen LogP contribution < -0.4 is 5.32 Å². The normalized spacial score (nSPS) is 10.4. The molecule has 0 aliphatic carbocycles. The van der Waals surface area contributed by atoms with Crippen LogP contribution in [-0.2, 0) is 0 Å². The van der Waals surface area contributed by atoms with Crippen molar-refractivity contribution in [2.75, 3.05) is 5.32 Å². The number of nitrogens with zero attached hydrogens (tertiary/aromatic N) is 2. The lowest BCUT2D eigenvalue weighted by molar-refractivity contribution is 0.0698. The maximum Gasteiger partial charge on any atom is 0.337 e. The highest BCUT2D eigenvalue weighted by Crippen LogP contribution is 2.16. The average molecular weight is 325 g/mol. The second kappa shape index (κ2) is 6.33. The summed E-state index contributed by atoms with van der Waals surface area (Å²) in [6, 6.07) is 13.2. The number of rotatable bonds is 4. The summed E-state index contributed by atoms with van der Waals surface area (Å²) in [5, 5.41) is 15.8. The third-order valence-electron chi connectivity index (χ3n) is 3.32. The zero-order valence-corrected chi connectivity index (χ0v) is 12.3. The third kappa shape index (κ3) is 3.14. The number of aromatic carboxylic acids is 1. The summed E-state index contributed by atoms with van der Waals surface area (Å²) in [4.78, 5) is 23.4. The van der Waals surface area contributed by atoms with Crippen molar-refractivity contribution in [1.82, 2.24) is 9.78 Å². The zero-order valence-electron chi connectivity index (χ0n) is 12.3. The lowest BCUT2D eigenvalue weighted by Crippen LogP contribution is -2.15. The molecular formula is C17H12FN3O3. The van der Waals surface area contributed by atoms with E-state index in [0.717, 1.165) is 0 Å².